The van der Waals surface area contributed by atoms with Crippen molar-refractivity contribution >= 4 is 28.4 Å². The lowest BCUT2D eigenvalue weighted by molar-refractivity contribution is 0.0972. The zero-order valence-electron chi connectivity index (χ0n) is 39.8. The van der Waals surface area contributed by atoms with Crippen molar-refractivity contribution in [3.63, 3.8) is 0 Å². The zero-order valence-corrected chi connectivity index (χ0v) is 39.8. The number of rotatable bonds is 24. The highest BCUT2D eigenvalue weighted by Crippen LogP contribution is 2.32. The minimum atomic E-state index is 0.276. The lowest BCUT2D eigenvalue weighted by Gasteiger charge is -2.32. The molecule has 6 rings (SSSR count). The van der Waals surface area contributed by atoms with Crippen LogP contribution in [-0.2, 0) is 12.8 Å². The van der Waals surface area contributed by atoms with Gasteiger partial charge in [0.25, 0.3) is 0 Å². The van der Waals surface area contributed by atoms with E-state index in [0.717, 1.165) is 100.0 Å². The Balaban J connectivity index is 0.940. The number of benzene rings is 3. The topological polar surface area (TPSA) is 68.4 Å². The fraction of sp³-hybridized carbons (Fsp3) is 0.482. The molecule has 3 aromatic carbocycles. The van der Waals surface area contributed by atoms with E-state index in [-0.39, 0.29) is 5.78 Å². The number of piperidine rings is 1. The van der Waals surface area contributed by atoms with Crippen LogP contribution in [0.2, 0.25) is 0 Å². The summed E-state index contributed by atoms with van der Waals surface area (Å²) in [5, 5.41) is 8.38. The molecule has 1 aliphatic heterocycles. The number of carbonyl (C=O) groups excluding carboxylic acids is 1. The quantitative estimate of drug-likeness (QED) is 0.0493. The Bertz CT molecular complexity index is 2240. The molecule has 0 saturated carbocycles. The van der Waals surface area contributed by atoms with E-state index >= 15 is 0 Å². The number of nitrogens with one attached hydrogen (secondary N) is 1. The van der Waals surface area contributed by atoms with E-state index in [1.165, 1.54) is 70.3 Å². The van der Waals surface area contributed by atoms with E-state index in [1.807, 2.05) is 18.5 Å². The Kier molecular flexibility index (Phi) is 17.9. The van der Waals surface area contributed by atoms with E-state index in [1.54, 1.807) is 0 Å². The number of allylic oxidation sites excluding steroid dienone is 1. The van der Waals surface area contributed by atoms with Gasteiger partial charge >= 0.3 is 0 Å². The molecule has 5 aromatic rings. The second kappa shape index (κ2) is 23.7. The van der Waals surface area contributed by atoms with Crippen molar-refractivity contribution in [2.75, 3.05) is 58.3 Å². The zero-order chi connectivity index (χ0) is 44.7. The van der Waals surface area contributed by atoms with Crippen molar-refractivity contribution in [2.24, 2.45) is 11.8 Å². The van der Waals surface area contributed by atoms with Crippen LogP contribution in [-0.4, -0.2) is 84.1 Å². The number of anilines is 1. The number of nitrogens with zero attached hydrogens (tertiary/aromatic N) is 5. The number of H-pyrrole nitrogens is 1. The van der Waals surface area contributed by atoms with Gasteiger partial charge in [-0.05, 0) is 161 Å². The molecule has 0 amide bonds. The fourth-order valence-electron chi connectivity index (χ4n) is 9.96. The van der Waals surface area contributed by atoms with E-state index in [0.29, 0.717) is 24.2 Å². The van der Waals surface area contributed by atoms with Gasteiger partial charge in [0.05, 0.1) is 11.7 Å². The Morgan fingerprint density at radius 3 is 2.49 bits per heavy atom. The maximum Gasteiger partial charge on any atom is 0.162 e. The van der Waals surface area contributed by atoms with Crippen LogP contribution in [0.1, 0.15) is 130 Å². The lowest BCUT2D eigenvalue weighted by Crippen LogP contribution is -2.34. The molecule has 2 unspecified atom stereocenters. The highest BCUT2D eigenvalue weighted by molar-refractivity contribution is 5.96. The molecule has 2 aromatic heterocycles. The van der Waals surface area contributed by atoms with Crippen molar-refractivity contribution in [2.45, 2.75) is 111 Å². The van der Waals surface area contributed by atoms with Crippen LogP contribution >= 0.6 is 0 Å². The first-order valence-electron chi connectivity index (χ1n) is 24.1. The monoisotopic (exact) mass is 849 g/mol. The predicted molar refractivity (Wildman–Crippen MR) is 268 cm³/mol. The summed E-state index contributed by atoms with van der Waals surface area (Å²) in [7, 11) is 4.27. The summed E-state index contributed by atoms with van der Waals surface area (Å²) in [6.07, 6.45) is 20.1. The number of Topliss-reactive ketones (excluding diaryl/α,β-unsaturated/α-hetero) is 1. The number of aromatic nitrogens is 3. The van der Waals surface area contributed by atoms with Crippen LogP contribution in [0.25, 0.3) is 28.1 Å². The highest BCUT2D eigenvalue weighted by atomic mass is 16.1. The molecule has 63 heavy (non-hydrogen) atoms. The molecule has 7 nitrogen and oxygen atoms in total. The van der Waals surface area contributed by atoms with Gasteiger partial charge in [0, 0.05) is 67.7 Å². The van der Waals surface area contributed by atoms with Gasteiger partial charge in [0.2, 0.25) is 0 Å². The first-order valence-corrected chi connectivity index (χ1v) is 24.1. The highest BCUT2D eigenvalue weighted by Gasteiger charge is 2.22. The maximum atomic E-state index is 13.4. The van der Waals surface area contributed by atoms with Gasteiger partial charge < -0.3 is 9.80 Å². The number of hydrogen-bond acceptors (Lipinski definition) is 6. The number of pyridine rings is 1. The second-order valence-electron chi connectivity index (χ2n) is 18.9. The molecule has 0 aliphatic carbocycles. The molecule has 336 valence electrons. The standard InChI is InChI=1S/C56H76N6O/c1-9-13-44(17-16-41(4)34-45-18-19-48(14-10-2)55(36-45)60(7)8)40-61(30-11-3)31-12-15-56(63)49-22-20-46(21-23-49)47-27-32-62(33-28-47)39-42(5)35-53-43(6)57-29-26-52(53)50-24-25-54-51(37-50)38-58-59-54/h10,18-26,29,35-38,41,44,47H,2,9,11-17,27-28,30-34,39-40H2,1,3-8H3,(H,58,59)/b42-35+. The summed E-state index contributed by atoms with van der Waals surface area (Å²) in [4.78, 5) is 25.5. The number of carbonyl (C=O) groups is 1. The SMILES string of the molecule is C=CCc1ccc(CC(C)CCC(CCC)CN(CCC)CCCC(=O)c2ccc(C3CCN(C/C(C)=C/c4c(-c5ccc6[nH]ncc6c5)ccnc4C)CC3)cc2)cc1N(C)C. The summed E-state index contributed by atoms with van der Waals surface area (Å²) in [6.45, 7) is 21.7. The lowest BCUT2D eigenvalue weighted by atomic mass is 9.88. The molecule has 1 aliphatic rings. The molecular formula is C56H76N6O. The number of fused-ring (bicyclic) bond motifs is 1. The summed E-state index contributed by atoms with van der Waals surface area (Å²) >= 11 is 0. The van der Waals surface area contributed by atoms with E-state index < -0.39 is 0 Å². The van der Waals surface area contributed by atoms with Crippen LogP contribution in [0, 0.1) is 18.8 Å². The minimum absolute atomic E-state index is 0.276. The average molecular weight is 849 g/mol. The number of aromatic amines is 1. The van der Waals surface area contributed by atoms with Gasteiger partial charge in [-0.15, -0.1) is 6.58 Å². The molecule has 1 saturated heterocycles. The van der Waals surface area contributed by atoms with Crippen molar-refractivity contribution in [3.8, 4) is 11.1 Å². The van der Waals surface area contributed by atoms with Crippen LogP contribution < -0.4 is 4.90 Å². The van der Waals surface area contributed by atoms with Crippen molar-refractivity contribution in [1.82, 2.24) is 25.0 Å². The van der Waals surface area contributed by atoms with Crippen molar-refractivity contribution in [1.29, 1.82) is 0 Å². The smallest absolute Gasteiger partial charge is 0.162 e. The second-order valence-corrected chi connectivity index (χ2v) is 18.9. The Hall–Kier alpha value is -4.85. The van der Waals surface area contributed by atoms with Gasteiger partial charge in [-0.25, -0.2) is 0 Å². The van der Waals surface area contributed by atoms with Gasteiger partial charge in [0.1, 0.15) is 0 Å². The van der Waals surface area contributed by atoms with Gasteiger partial charge in [-0.3, -0.25) is 19.8 Å². The fourth-order valence-corrected chi connectivity index (χ4v) is 9.96. The third kappa shape index (κ3) is 13.6. The molecule has 1 fully saturated rings. The van der Waals surface area contributed by atoms with E-state index in [9.17, 15) is 4.79 Å². The number of hydrogen-bond donors (Lipinski definition) is 1. The molecule has 0 bridgehead atoms. The van der Waals surface area contributed by atoms with Gasteiger partial charge in [-0.1, -0.05) is 93.8 Å². The first kappa shape index (κ1) is 47.6. The Morgan fingerprint density at radius 2 is 1.76 bits per heavy atom. The average Bonchev–Trinajstić information content (AvgIpc) is 3.75. The van der Waals surface area contributed by atoms with Crippen LogP contribution in [0.4, 0.5) is 5.69 Å². The first-order chi connectivity index (χ1) is 30.5. The normalized spacial score (nSPS) is 15.0. The maximum absolute atomic E-state index is 13.4. The third-order valence-corrected chi connectivity index (χ3v) is 13.4. The van der Waals surface area contributed by atoms with Crippen molar-refractivity contribution in [3.05, 3.63) is 131 Å². The number of likely N-dealkylation sites (tertiary alicyclic amines) is 1. The number of ketones is 1. The van der Waals surface area contributed by atoms with E-state index in [4.69, 9.17) is 0 Å². The van der Waals surface area contributed by atoms with Gasteiger partial charge in [-0.2, -0.15) is 5.10 Å². The van der Waals surface area contributed by atoms with Crippen LogP contribution in [0.5, 0.6) is 0 Å². The predicted octanol–water partition coefficient (Wildman–Crippen LogP) is 12.8. The third-order valence-electron chi connectivity index (χ3n) is 13.4. The molecule has 0 radical (unpaired) electrons. The molecule has 0 spiro atoms. The molecule has 3 heterocycles. The summed E-state index contributed by atoms with van der Waals surface area (Å²) in [5.41, 5.74) is 13.3. The molecular weight excluding hydrogens is 773 g/mol. The largest absolute Gasteiger partial charge is 0.377 e. The van der Waals surface area contributed by atoms with Gasteiger partial charge in [0.15, 0.2) is 5.78 Å². The summed E-state index contributed by atoms with van der Waals surface area (Å²) < 4.78 is 0. The number of aryl methyl sites for hydroxylation is 1. The van der Waals surface area contributed by atoms with E-state index in [2.05, 4.69) is 158 Å². The Morgan fingerprint density at radius 1 is 0.968 bits per heavy atom. The molecule has 7 heteroatoms. The van der Waals surface area contributed by atoms with Crippen LogP contribution in [0.15, 0.2) is 97.4 Å². The minimum Gasteiger partial charge on any atom is -0.377 e. The summed E-state index contributed by atoms with van der Waals surface area (Å²) in [6, 6.07) is 24.2. The molecule has 1 N–H and O–H groups in total. The van der Waals surface area contributed by atoms with Crippen molar-refractivity contribution < 1.29 is 4.79 Å². The summed E-state index contributed by atoms with van der Waals surface area (Å²) in [5.74, 6) is 2.15. The Labute approximate surface area is 380 Å². The molecule has 2 atom stereocenters. The van der Waals surface area contributed by atoms with Crippen LogP contribution in [0.3, 0.4) is 0 Å².